The largest absolute Gasteiger partial charge is 0.443 e. The summed E-state index contributed by atoms with van der Waals surface area (Å²) in [6.07, 6.45) is -1.51. The highest BCUT2D eigenvalue weighted by atomic mass is 16.6. The zero-order chi connectivity index (χ0) is 19.1. The van der Waals surface area contributed by atoms with Crippen molar-refractivity contribution in [2.24, 2.45) is 0 Å². The molecule has 24 heavy (non-hydrogen) atoms. The summed E-state index contributed by atoms with van der Waals surface area (Å²) in [5.74, 6) is 0. The summed E-state index contributed by atoms with van der Waals surface area (Å²) < 4.78 is 10.6. The molecular weight excluding hydrogens is 306 g/mol. The molecule has 5 nitrogen and oxygen atoms in total. The van der Waals surface area contributed by atoms with Crippen LogP contribution in [-0.4, -0.2) is 23.4 Å². The summed E-state index contributed by atoms with van der Waals surface area (Å²) in [7, 11) is 0. The van der Waals surface area contributed by atoms with Crippen LogP contribution in [0.1, 0.15) is 61.0 Å². The average molecular weight is 337 g/mol. The first-order valence-corrected chi connectivity index (χ1v) is 8.22. The number of hydrogen-bond acceptors (Lipinski definition) is 4. The van der Waals surface area contributed by atoms with E-state index in [-0.39, 0.29) is 0 Å². The first kappa shape index (κ1) is 22.0. The zero-order valence-corrected chi connectivity index (χ0v) is 16.4. The van der Waals surface area contributed by atoms with E-state index in [2.05, 4.69) is 0 Å². The fourth-order valence-electron chi connectivity index (χ4n) is 1.67. The molecule has 0 radical (unpaired) electrons. The molecule has 2 amide bonds. The van der Waals surface area contributed by atoms with Gasteiger partial charge in [0.25, 0.3) is 0 Å². The Balaban J connectivity index is 0.00000254. The van der Waals surface area contributed by atoms with Gasteiger partial charge in [0, 0.05) is 0 Å². The summed E-state index contributed by atoms with van der Waals surface area (Å²) in [5, 5.41) is 0. The van der Waals surface area contributed by atoms with Crippen LogP contribution in [0.4, 0.5) is 15.3 Å². The van der Waals surface area contributed by atoms with Gasteiger partial charge in [-0.2, -0.15) is 4.90 Å². The minimum absolute atomic E-state index is 0.420. The Morgan fingerprint density at radius 1 is 0.875 bits per heavy atom. The molecule has 0 aliphatic rings. The quantitative estimate of drug-likeness (QED) is 0.660. The molecular formula is C19H31NO4. The molecule has 136 valence electrons. The molecule has 0 saturated heterocycles. The van der Waals surface area contributed by atoms with Gasteiger partial charge >= 0.3 is 12.2 Å². The second-order valence-electron chi connectivity index (χ2n) is 7.14. The van der Waals surface area contributed by atoms with Crippen molar-refractivity contribution in [1.82, 2.24) is 0 Å². The number of amides is 2. The highest BCUT2D eigenvalue weighted by molar-refractivity contribution is 6.09. The normalized spacial score (nSPS) is 11.0. The van der Waals surface area contributed by atoms with Gasteiger partial charge in [0.1, 0.15) is 11.2 Å². The molecule has 1 aromatic rings. The molecule has 0 spiro atoms. The molecule has 1 rings (SSSR count). The summed E-state index contributed by atoms with van der Waals surface area (Å²) in [6, 6.07) is 7.05. The van der Waals surface area contributed by atoms with Crippen LogP contribution in [0.15, 0.2) is 24.3 Å². The summed E-state index contributed by atoms with van der Waals surface area (Å²) in [5.41, 5.74) is -0.0689. The molecule has 0 bridgehead atoms. The summed E-state index contributed by atoms with van der Waals surface area (Å²) in [6.45, 7) is 16.3. The Labute approximate surface area is 145 Å². The summed E-state index contributed by atoms with van der Waals surface area (Å²) in [4.78, 5) is 25.7. The van der Waals surface area contributed by atoms with Crippen LogP contribution < -0.4 is 4.90 Å². The molecule has 0 heterocycles. The fraction of sp³-hybridized carbons (Fsp3) is 0.579. The number of ether oxygens (including phenoxy) is 2. The first-order chi connectivity index (χ1) is 10.9. The number of aryl methyl sites for hydroxylation is 1. The molecule has 0 aromatic heterocycles. The van der Waals surface area contributed by atoms with E-state index >= 15 is 0 Å². The number of carbonyl (C=O) groups is 2. The highest BCUT2D eigenvalue weighted by Gasteiger charge is 2.32. The van der Waals surface area contributed by atoms with E-state index in [9.17, 15) is 9.59 Å². The Hall–Kier alpha value is -2.04. The van der Waals surface area contributed by atoms with Crippen LogP contribution in [-0.2, 0) is 9.47 Å². The van der Waals surface area contributed by atoms with E-state index in [1.807, 2.05) is 26.8 Å². The van der Waals surface area contributed by atoms with Gasteiger partial charge in [-0.15, -0.1) is 0 Å². The van der Waals surface area contributed by atoms with Crippen LogP contribution in [0.25, 0.3) is 0 Å². The molecule has 0 unspecified atom stereocenters. The molecule has 0 N–H and O–H groups in total. The van der Waals surface area contributed by atoms with Crippen LogP contribution >= 0.6 is 0 Å². The van der Waals surface area contributed by atoms with Crippen LogP contribution in [0.5, 0.6) is 0 Å². The standard InChI is InChI=1S/C17H25NO4.C2H6/c1-12-9-8-10-13(11-12)18(14(19)21-16(2,3)4)15(20)22-17(5,6)7;1-2/h8-11H,1-7H3;1-2H3. The molecule has 5 heteroatoms. The Kier molecular flexibility index (Phi) is 7.97. The fourth-order valence-corrected chi connectivity index (χ4v) is 1.67. The predicted octanol–water partition coefficient (Wildman–Crippen LogP) is 5.70. The van der Waals surface area contributed by atoms with Gasteiger partial charge in [-0.3, -0.25) is 0 Å². The first-order valence-electron chi connectivity index (χ1n) is 8.22. The third-order valence-corrected chi connectivity index (χ3v) is 2.41. The van der Waals surface area contributed by atoms with Gasteiger partial charge in [0.05, 0.1) is 5.69 Å². The van der Waals surface area contributed by atoms with Gasteiger partial charge in [-0.25, -0.2) is 9.59 Å². The molecule has 0 atom stereocenters. The van der Waals surface area contributed by atoms with Crippen molar-refractivity contribution in [1.29, 1.82) is 0 Å². The zero-order valence-electron chi connectivity index (χ0n) is 16.4. The van der Waals surface area contributed by atoms with Gasteiger partial charge < -0.3 is 9.47 Å². The number of hydrogen-bond donors (Lipinski definition) is 0. The maximum absolute atomic E-state index is 12.4. The molecule has 0 fully saturated rings. The van der Waals surface area contributed by atoms with Crippen molar-refractivity contribution in [2.75, 3.05) is 4.90 Å². The smallest absolute Gasteiger partial charge is 0.424 e. The van der Waals surface area contributed by atoms with E-state index in [1.165, 1.54) is 0 Å². The lowest BCUT2D eigenvalue weighted by Crippen LogP contribution is -2.43. The average Bonchev–Trinajstić information content (AvgIpc) is 2.36. The van der Waals surface area contributed by atoms with Crippen LogP contribution in [0.3, 0.4) is 0 Å². The lowest BCUT2D eigenvalue weighted by atomic mass is 10.2. The van der Waals surface area contributed by atoms with Gasteiger partial charge in [-0.05, 0) is 66.2 Å². The van der Waals surface area contributed by atoms with Crippen molar-refractivity contribution in [3.05, 3.63) is 29.8 Å². The van der Waals surface area contributed by atoms with Gasteiger partial charge in [0.15, 0.2) is 0 Å². The van der Waals surface area contributed by atoms with Gasteiger partial charge in [0.2, 0.25) is 0 Å². The number of rotatable bonds is 1. The second kappa shape index (κ2) is 8.71. The maximum Gasteiger partial charge on any atom is 0.424 e. The van der Waals surface area contributed by atoms with Crippen LogP contribution in [0.2, 0.25) is 0 Å². The monoisotopic (exact) mass is 337 g/mol. The van der Waals surface area contributed by atoms with Crippen molar-refractivity contribution in [3.63, 3.8) is 0 Å². The Bertz CT molecular complexity index is 525. The van der Waals surface area contributed by atoms with E-state index < -0.39 is 23.4 Å². The number of nitrogens with zero attached hydrogens (tertiary/aromatic N) is 1. The maximum atomic E-state index is 12.4. The van der Waals surface area contributed by atoms with E-state index in [0.717, 1.165) is 10.5 Å². The number of benzene rings is 1. The minimum Gasteiger partial charge on any atom is -0.443 e. The SMILES string of the molecule is CC.Cc1cccc(N(C(=O)OC(C)(C)C)C(=O)OC(C)(C)C)c1. The van der Waals surface area contributed by atoms with Crippen molar-refractivity contribution in [2.45, 2.75) is 73.5 Å². The molecule has 0 aliphatic heterocycles. The van der Waals surface area contributed by atoms with Crippen molar-refractivity contribution < 1.29 is 19.1 Å². The number of imide groups is 1. The highest BCUT2D eigenvalue weighted by Crippen LogP contribution is 2.22. The second-order valence-corrected chi connectivity index (χ2v) is 7.14. The van der Waals surface area contributed by atoms with Crippen LogP contribution in [0, 0.1) is 6.92 Å². The van der Waals surface area contributed by atoms with E-state index in [0.29, 0.717) is 5.69 Å². The van der Waals surface area contributed by atoms with Gasteiger partial charge in [-0.1, -0.05) is 26.0 Å². The van der Waals surface area contributed by atoms with E-state index in [4.69, 9.17) is 9.47 Å². The topological polar surface area (TPSA) is 55.8 Å². The third kappa shape index (κ3) is 7.99. The molecule has 0 saturated carbocycles. The Morgan fingerprint density at radius 3 is 1.62 bits per heavy atom. The lowest BCUT2D eigenvalue weighted by Gasteiger charge is -2.28. The minimum atomic E-state index is -0.757. The summed E-state index contributed by atoms with van der Waals surface area (Å²) >= 11 is 0. The number of anilines is 1. The Morgan fingerprint density at radius 2 is 1.29 bits per heavy atom. The molecule has 1 aromatic carbocycles. The lowest BCUT2D eigenvalue weighted by molar-refractivity contribution is 0.0431. The van der Waals surface area contributed by atoms with Crippen molar-refractivity contribution in [3.8, 4) is 0 Å². The van der Waals surface area contributed by atoms with E-state index in [1.54, 1.807) is 59.7 Å². The van der Waals surface area contributed by atoms with Crippen molar-refractivity contribution >= 4 is 17.9 Å². The predicted molar refractivity (Wildman–Crippen MR) is 97.5 cm³/mol. The third-order valence-electron chi connectivity index (χ3n) is 2.41. The molecule has 0 aliphatic carbocycles. The number of carbonyl (C=O) groups excluding carboxylic acids is 2.